The fraction of sp³-hybridized carbons (Fsp3) is 0.778. The molecule has 0 spiro atoms. The molecule has 0 saturated carbocycles. The lowest BCUT2D eigenvalue weighted by atomic mass is 10.1. The topological polar surface area (TPSA) is 86.7 Å². The zero-order valence-electron chi connectivity index (χ0n) is 16.9. The van der Waals surface area contributed by atoms with Crippen LogP contribution in [0.1, 0.15) is 35.3 Å². The molecule has 1 saturated heterocycles. The summed E-state index contributed by atoms with van der Waals surface area (Å²) < 4.78 is 22.6. The van der Waals surface area contributed by atoms with Crippen molar-refractivity contribution in [2.24, 2.45) is 4.99 Å². The molecule has 27 heavy (non-hydrogen) atoms. The molecule has 2 rings (SSSR count). The molecule has 0 atom stereocenters. The molecule has 0 radical (unpaired) electrons. The Hall–Kier alpha value is -1.19. The minimum atomic E-state index is -2.89. The Morgan fingerprint density at radius 1 is 1.33 bits per heavy atom. The van der Waals surface area contributed by atoms with E-state index in [2.05, 4.69) is 34.4 Å². The number of likely N-dealkylation sites (tertiary alicyclic amines) is 1. The second kappa shape index (κ2) is 10.4. The van der Waals surface area contributed by atoms with Crippen molar-refractivity contribution in [3.63, 3.8) is 0 Å². The molecule has 0 amide bonds. The van der Waals surface area contributed by atoms with Crippen molar-refractivity contribution in [3.8, 4) is 0 Å². The van der Waals surface area contributed by atoms with E-state index in [1.165, 1.54) is 11.1 Å². The van der Waals surface area contributed by atoms with Gasteiger partial charge in [0.05, 0.1) is 16.5 Å². The van der Waals surface area contributed by atoms with E-state index in [-0.39, 0.29) is 5.75 Å². The van der Waals surface area contributed by atoms with Gasteiger partial charge in [-0.15, -0.1) is 11.3 Å². The number of nitrogens with one attached hydrogen (secondary N) is 2. The van der Waals surface area contributed by atoms with E-state index in [1.807, 2.05) is 6.92 Å². The molecule has 1 aliphatic heterocycles. The van der Waals surface area contributed by atoms with Gasteiger partial charge in [-0.2, -0.15) is 0 Å². The number of guanidine groups is 1. The summed E-state index contributed by atoms with van der Waals surface area (Å²) >= 11 is 1.75. The highest BCUT2D eigenvalue weighted by atomic mass is 32.2. The van der Waals surface area contributed by atoms with Crippen LogP contribution in [-0.2, 0) is 16.3 Å². The van der Waals surface area contributed by atoms with Crippen LogP contribution in [0.3, 0.4) is 0 Å². The number of thiazole rings is 1. The Bertz CT molecular complexity index is 722. The molecule has 1 aliphatic rings. The van der Waals surface area contributed by atoms with Crippen molar-refractivity contribution in [3.05, 3.63) is 15.6 Å². The lowest BCUT2D eigenvalue weighted by Gasteiger charge is -2.32. The summed E-state index contributed by atoms with van der Waals surface area (Å²) in [4.78, 5) is 12.7. The highest BCUT2D eigenvalue weighted by molar-refractivity contribution is 7.90. The smallest absolute Gasteiger partial charge is 0.191 e. The minimum Gasteiger partial charge on any atom is -0.357 e. The second-order valence-corrected chi connectivity index (χ2v) is 10.7. The summed E-state index contributed by atoms with van der Waals surface area (Å²) in [6, 6.07) is 0.379. The summed E-state index contributed by atoms with van der Waals surface area (Å²) in [5.41, 5.74) is 1.12. The average molecular weight is 416 g/mol. The van der Waals surface area contributed by atoms with Crippen molar-refractivity contribution in [1.29, 1.82) is 0 Å². The number of aliphatic imine (C=N–C) groups is 1. The minimum absolute atomic E-state index is 0.242. The molecule has 1 aromatic rings. The molecule has 0 bridgehead atoms. The van der Waals surface area contributed by atoms with Gasteiger partial charge in [0.2, 0.25) is 0 Å². The number of aromatic nitrogens is 1. The molecule has 2 heterocycles. The van der Waals surface area contributed by atoms with E-state index < -0.39 is 9.84 Å². The Kier molecular flexibility index (Phi) is 8.50. The van der Waals surface area contributed by atoms with E-state index >= 15 is 0 Å². The Labute approximate surface area is 167 Å². The van der Waals surface area contributed by atoms with E-state index in [1.54, 1.807) is 11.3 Å². The van der Waals surface area contributed by atoms with Gasteiger partial charge in [-0.3, -0.25) is 4.99 Å². The largest absolute Gasteiger partial charge is 0.357 e. The lowest BCUT2D eigenvalue weighted by molar-refractivity contribution is 0.216. The van der Waals surface area contributed by atoms with E-state index in [0.29, 0.717) is 12.6 Å². The van der Waals surface area contributed by atoms with Crippen LogP contribution in [0.4, 0.5) is 0 Å². The summed E-state index contributed by atoms with van der Waals surface area (Å²) in [5, 5.41) is 7.97. The molecule has 1 fully saturated rings. The number of rotatable bonds is 8. The zero-order chi connectivity index (χ0) is 19.9. The highest BCUT2D eigenvalue weighted by Gasteiger charge is 2.20. The van der Waals surface area contributed by atoms with Gasteiger partial charge in [-0.1, -0.05) is 0 Å². The third-order valence-corrected chi connectivity index (χ3v) is 6.72. The molecule has 7 nitrogen and oxygen atoms in total. The van der Waals surface area contributed by atoms with Gasteiger partial charge in [-0.25, -0.2) is 13.4 Å². The first-order valence-electron chi connectivity index (χ1n) is 9.64. The molecule has 0 aliphatic carbocycles. The van der Waals surface area contributed by atoms with Crippen LogP contribution >= 0.6 is 11.3 Å². The van der Waals surface area contributed by atoms with Crippen LogP contribution in [0, 0.1) is 13.8 Å². The molecule has 2 N–H and O–H groups in total. The van der Waals surface area contributed by atoms with Crippen LogP contribution in [0.25, 0.3) is 0 Å². The Morgan fingerprint density at radius 3 is 2.59 bits per heavy atom. The lowest BCUT2D eigenvalue weighted by Crippen LogP contribution is -2.49. The standard InChI is InChI=1S/C18H33N5O2S2/c1-5-19-18(20-9-6-17-14(2)21-15(3)26-17)22-16-7-10-23(11-8-16)12-13-27(4,24)25/h16H,5-13H2,1-4H3,(H2,19,20,22). The number of aryl methyl sites for hydroxylation is 2. The van der Waals surface area contributed by atoms with Crippen molar-refractivity contribution in [1.82, 2.24) is 20.5 Å². The maximum atomic E-state index is 11.3. The van der Waals surface area contributed by atoms with Crippen molar-refractivity contribution < 1.29 is 8.42 Å². The fourth-order valence-electron chi connectivity index (χ4n) is 3.18. The monoisotopic (exact) mass is 415 g/mol. The summed E-state index contributed by atoms with van der Waals surface area (Å²) in [5.74, 6) is 1.11. The van der Waals surface area contributed by atoms with Crippen LogP contribution in [0.2, 0.25) is 0 Å². The van der Waals surface area contributed by atoms with E-state index in [4.69, 9.17) is 4.99 Å². The number of hydrogen-bond acceptors (Lipinski definition) is 6. The Balaban J connectivity index is 1.79. The molecule has 0 unspecified atom stereocenters. The SMILES string of the molecule is CCNC(=NCCc1sc(C)nc1C)NC1CCN(CCS(C)(=O)=O)CC1. The second-order valence-electron chi connectivity index (χ2n) is 7.14. The maximum absolute atomic E-state index is 11.3. The molecule has 1 aromatic heterocycles. The van der Waals surface area contributed by atoms with Gasteiger partial charge in [-0.05, 0) is 33.6 Å². The molecule has 0 aromatic carbocycles. The zero-order valence-corrected chi connectivity index (χ0v) is 18.5. The van der Waals surface area contributed by atoms with Gasteiger partial charge in [0.15, 0.2) is 5.96 Å². The van der Waals surface area contributed by atoms with Crippen LogP contribution in [0.5, 0.6) is 0 Å². The first-order chi connectivity index (χ1) is 12.8. The number of nitrogens with zero attached hydrogens (tertiary/aromatic N) is 3. The summed E-state index contributed by atoms with van der Waals surface area (Å²) in [7, 11) is -2.89. The van der Waals surface area contributed by atoms with Crippen LogP contribution in [-0.4, -0.2) is 75.0 Å². The maximum Gasteiger partial charge on any atom is 0.191 e. The van der Waals surface area contributed by atoms with Gasteiger partial charge in [0.1, 0.15) is 9.84 Å². The number of sulfone groups is 1. The highest BCUT2D eigenvalue weighted by Crippen LogP contribution is 2.17. The van der Waals surface area contributed by atoms with Crippen molar-refractivity contribution in [2.45, 2.75) is 46.1 Å². The predicted octanol–water partition coefficient (Wildman–Crippen LogP) is 1.37. The predicted molar refractivity (Wildman–Crippen MR) is 114 cm³/mol. The first kappa shape index (κ1) is 22.1. The normalized spacial score (nSPS) is 17.3. The van der Waals surface area contributed by atoms with Crippen molar-refractivity contribution in [2.75, 3.05) is 44.7 Å². The molecular weight excluding hydrogens is 382 g/mol. The van der Waals surface area contributed by atoms with Gasteiger partial charge in [0, 0.05) is 56.3 Å². The summed E-state index contributed by atoms with van der Waals surface area (Å²) in [6.45, 7) is 10.2. The third kappa shape index (κ3) is 8.15. The fourth-order valence-corrected chi connectivity index (χ4v) is 4.70. The van der Waals surface area contributed by atoms with E-state index in [0.717, 1.165) is 62.1 Å². The van der Waals surface area contributed by atoms with Crippen LogP contribution < -0.4 is 10.6 Å². The number of hydrogen-bond donors (Lipinski definition) is 2. The average Bonchev–Trinajstić information content (AvgIpc) is 2.91. The Morgan fingerprint density at radius 2 is 2.04 bits per heavy atom. The third-order valence-electron chi connectivity index (χ3n) is 4.66. The molecule has 154 valence electrons. The summed E-state index contributed by atoms with van der Waals surface area (Å²) in [6.07, 6.45) is 4.22. The van der Waals surface area contributed by atoms with Gasteiger partial charge in [0.25, 0.3) is 0 Å². The van der Waals surface area contributed by atoms with E-state index in [9.17, 15) is 8.42 Å². The van der Waals surface area contributed by atoms with Crippen LogP contribution in [0.15, 0.2) is 4.99 Å². The molecule has 9 heteroatoms. The number of piperidine rings is 1. The first-order valence-corrected chi connectivity index (χ1v) is 12.5. The molecular formula is C18H33N5O2S2. The van der Waals surface area contributed by atoms with Gasteiger partial charge >= 0.3 is 0 Å². The quantitative estimate of drug-likeness (QED) is 0.493. The van der Waals surface area contributed by atoms with Crippen molar-refractivity contribution >= 4 is 27.1 Å². The van der Waals surface area contributed by atoms with Gasteiger partial charge < -0.3 is 15.5 Å².